The largest absolute Gasteiger partial charge is 0.496 e. The summed E-state index contributed by atoms with van der Waals surface area (Å²) in [7, 11) is 1.51. The van der Waals surface area contributed by atoms with Crippen molar-refractivity contribution >= 4 is 0 Å². The third-order valence-electron chi connectivity index (χ3n) is 4.73. The van der Waals surface area contributed by atoms with E-state index in [0.717, 1.165) is 17.7 Å². The molecule has 0 radical (unpaired) electrons. The zero-order valence-corrected chi connectivity index (χ0v) is 16.8. The second-order valence-electron chi connectivity index (χ2n) is 6.86. The summed E-state index contributed by atoms with van der Waals surface area (Å²) in [5.41, 5.74) is 1.93. The highest BCUT2D eigenvalue weighted by Crippen LogP contribution is 2.34. The number of H-pyrrole nitrogens is 1. The molecule has 0 atom stereocenters. The SMILES string of the molecule is COc1cc(OCc2ccc(C(F)(F)F)cc2)ccc1-c1cnc(-c2ccc(F)nc2)[nH]1. The molecular formula is C23H17F4N3O2. The van der Waals surface area contributed by atoms with Crippen molar-refractivity contribution in [1.29, 1.82) is 0 Å². The maximum absolute atomic E-state index is 13.0. The van der Waals surface area contributed by atoms with Crippen LogP contribution in [-0.4, -0.2) is 22.1 Å². The number of alkyl halides is 3. The Labute approximate surface area is 180 Å². The Kier molecular flexibility index (Phi) is 5.81. The number of hydrogen-bond donors (Lipinski definition) is 1. The van der Waals surface area contributed by atoms with Crippen LogP contribution in [0, 0.1) is 5.95 Å². The smallest absolute Gasteiger partial charge is 0.416 e. The van der Waals surface area contributed by atoms with Gasteiger partial charge in [-0.15, -0.1) is 0 Å². The maximum atomic E-state index is 13.0. The molecule has 0 aliphatic rings. The predicted octanol–water partition coefficient (Wildman–Crippen LogP) is 5.88. The standard InChI is InChI=1S/C23H17F4N3O2/c1-31-20-10-17(32-13-14-2-5-16(6-3-14)23(25,26)27)7-8-18(20)19-12-29-22(30-19)15-4-9-21(24)28-11-15/h2-12H,13H2,1H3,(H,29,30). The van der Waals surface area contributed by atoms with E-state index in [1.165, 1.54) is 31.5 Å². The molecule has 2 aromatic carbocycles. The molecule has 2 aromatic heterocycles. The average molecular weight is 443 g/mol. The molecule has 4 aromatic rings. The maximum Gasteiger partial charge on any atom is 0.416 e. The van der Waals surface area contributed by atoms with Crippen LogP contribution < -0.4 is 9.47 Å². The van der Waals surface area contributed by atoms with Crippen molar-refractivity contribution in [3.63, 3.8) is 0 Å². The van der Waals surface area contributed by atoms with Crippen molar-refractivity contribution in [3.05, 3.63) is 84.1 Å². The molecule has 4 rings (SSSR count). The van der Waals surface area contributed by atoms with E-state index in [4.69, 9.17) is 9.47 Å². The summed E-state index contributed by atoms with van der Waals surface area (Å²) in [6.07, 6.45) is -1.37. The van der Waals surface area contributed by atoms with Gasteiger partial charge in [0.05, 0.1) is 24.6 Å². The van der Waals surface area contributed by atoms with Crippen molar-refractivity contribution in [1.82, 2.24) is 15.0 Å². The van der Waals surface area contributed by atoms with Crippen molar-refractivity contribution in [2.45, 2.75) is 12.8 Å². The topological polar surface area (TPSA) is 60.0 Å². The molecule has 0 saturated heterocycles. The normalized spacial score (nSPS) is 11.4. The molecule has 0 amide bonds. The first kappa shape index (κ1) is 21.4. The number of pyridine rings is 1. The molecule has 0 aliphatic carbocycles. The summed E-state index contributed by atoms with van der Waals surface area (Å²) < 4.78 is 62.2. The third-order valence-corrected chi connectivity index (χ3v) is 4.73. The molecule has 0 spiro atoms. The van der Waals surface area contributed by atoms with Gasteiger partial charge < -0.3 is 14.5 Å². The fraction of sp³-hybridized carbons (Fsp3) is 0.130. The van der Waals surface area contributed by atoms with E-state index in [-0.39, 0.29) is 6.61 Å². The van der Waals surface area contributed by atoms with Crippen LogP contribution in [0.25, 0.3) is 22.6 Å². The van der Waals surface area contributed by atoms with E-state index >= 15 is 0 Å². The second-order valence-corrected chi connectivity index (χ2v) is 6.86. The molecule has 1 N–H and O–H groups in total. The van der Waals surface area contributed by atoms with Crippen molar-refractivity contribution in [3.8, 4) is 34.1 Å². The Morgan fingerprint density at radius 3 is 2.38 bits per heavy atom. The quantitative estimate of drug-likeness (QED) is 0.299. The van der Waals surface area contributed by atoms with Crippen LogP contribution in [0.15, 0.2) is 67.0 Å². The Hall–Kier alpha value is -3.88. The Morgan fingerprint density at radius 1 is 0.938 bits per heavy atom. The molecule has 0 aliphatic heterocycles. The van der Waals surface area contributed by atoms with Crippen molar-refractivity contribution in [2.75, 3.05) is 7.11 Å². The number of ether oxygens (including phenoxy) is 2. The average Bonchev–Trinajstić information content (AvgIpc) is 3.27. The lowest BCUT2D eigenvalue weighted by Crippen LogP contribution is -2.05. The van der Waals surface area contributed by atoms with Gasteiger partial charge in [0.25, 0.3) is 0 Å². The molecule has 32 heavy (non-hydrogen) atoms. The van der Waals surface area contributed by atoms with E-state index in [1.54, 1.807) is 30.5 Å². The lowest BCUT2D eigenvalue weighted by atomic mass is 10.1. The summed E-state index contributed by atoms with van der Waals surface area (Å²) >= 11 is 0. The number of benzene rings is 2. The molecule has 9 heteroatoms. The summed E-state index contributed by atoms with van der Waals surface area (Å²) in [5, 5.41) is 0. The lowest BCUT2D eigenvalue weighted by molar-refractivity contribution is -0.137. The van der Waals surface area contributed by atoms with Gasteiger partial charge >= 0.3 is 6.18 Å². The number of rotatable bonds is 6. The minimum atomic E-state index is -4.37. The molecular weight excluding hydrogens is 426 g/mol. The van der Waals surface area contributed by atoms with Gasteiger partial charge in [-0.05, 0) is 42.0 Å². The first-order valence-corrected chi connectivity index (χ1v) is 9.48. The van der Waals surface area contributed by atoms with Crippen LogP contribution in [0.1, 0.15) is 11.1 Å². The summed E-state index contributed by atoms with van der Waals surface area (Å²) in [5.74, 6) is 0.960. The van der Waals surface area contributed by atoms with Crippen molar-refractivity contribution in [2.24, 2.45) is 0 Å². The minimum absolute atomic E-state index is 0.104. The fourth-order valence-electron chi connectivity index (χ4n) is 3.06. The van der Waals surface area contributed by atoms with E-state index in [1.807, 2.05) is 0 Å². The van der Waals surface area contributed by atoms with Gasteiger partial charge in [-0.25, -0.2) is 9.97 Å². The Morgan fingerprint density at radius 2 is 1.72 bits per heavy atom. The van der Waals surface area contributed by atoms with Crippen LogP contribution >= 0.6 is 0 Å². The molecule has 0 saturated carbocycles. The van der Waals surface area contributed by atoms with Gasteiger partial charge in [-0.2, -0.15) is 17.6 Å². The first-order valence-electron chi connectivity index (χ1n) is 9.48. The number of imidazole rings is 1. The van der Waals surface area contributed by atoms with Gasteiger partial charge in [0, 0.05) is 23.4 Å². The van der Waals surface area contributed by atoms with Gasteiger partial charge in [0.1, 0.15) is 23.9 Å². The molecule has 5 nitrogen and oxygen atoms in total. The fourth-order valence-corrected chi connectivity index (χ4v) is 3.06. The van der Waals surface area contributed by atoms with Crippen LogP contribution in [0.5, 0.6) is 11.5 Å². The number of hydrogen-bond acceptors (Lipinski definition) is 4. The van der Waals surface area contributed by atoms with Gasteiger partial charge in [0.15, 0.2) is 0 Å². The highest BCUT2D eigenvalue weighted by molar-refractivity contribution is 5.70. The summed E-state index contributed by atoms with van der Waals surface area (Å²) in [6.45, 7) is 0.104. The highest BCUT2D eigenvalue weighted by Gasteiger charge is 2.29. The van der Waals surface area contributed by atoms with Gasteiger partial charge in [-0.1, -0.05) is 12.1 Å². The Balaban J connectivity index is 1.49. The lowest BCUT2D eigenvalue weighted by Gasteiger charge is -2.12. The predicted molar refractivity (Wildman–Crippen MR) is 110 cm³/mol. The van der Waals surface area contributed by atoms with E-state index < -0.39 is 17.7 Å². The number of nitrogens with zero attached hydrogens (tertiary/aromatic N) is 2. The summed E-state index contributed by atoms with van der Waals surface area (Å²) in [6, 6.07) is 12.8. The van der Waals surface area contributed by atoms with Crippen LogP contribution in [0.4, 0.5) is 17.6 Å². The van der Waals surface area contributed by atoms with Crippen molar-refractivity contribution < 1.29 is 27.0 Å². The van der Waals surface area contributed by atoms with Crippen LogP contribution in [-0.2, 0) is 12.8 Å². The second kappa shape index (κ2) is 8.70. The van der Waals surface area contributed by atoms with Gasteiger partial charge in [0.2, 0.25) is 5.95 Å². The van der Waals surface area contributed by atoms with Crippen LogP contribution in [0.2, 0.25) is 0 Å². The Bertz CT molecular complexity index is 1200. The van der Waals surface area contributed by atoms with Crippen LogP contribution in [0.3, 0.4) is 0 Å². The number of aromatic amines is 1. The van der Waals surface area contributed by atoms with E-state index in [9.17, 15) is 17.6 Å². The zero-order valence-electron chi connectivity index (χ0n) is 16.8. The molecule has 0 bridgehead atoms. The number of methoxy groups -OCH3 is 1. The van der Waals surface area contributed by atoms with E-state index in [0.29, 0.717) is 34.1 Å². The number of aromatic nitrogens is 3. The van der Waals surface area contributed by atoms with E-state index in [2.05, 4.69) is 15.0 Å². The van der Waals surface area contributed by atoms with Gasteiger partial charge in [-0.3, -0.25) is 0 Å². The summed E-state index contributed by atoms with van der Waals surface area (Å²) in [4.78, 5) is 11.1. The molecule has 164 valence electrons. The highest BCUT2D eigenvalue weighted by atomic mass is 19.4. The minimum Gasteiger partial charge on any atom is -0.496 e. The molecule has 2 heterocycles. The molecule has 0 unspecified atom stereocenters. The molecule has 0 fully saturated rings. The number of halogens is 4. The number of nitrogens with one attached hydrogen (secondary N) is 1. The monoisotopic (exact) mass is 443 g/mol. The zero-order chi connectivity index (χ0) is 22.7. The first-order chi connectivity index (χ1) is 15.3. The third kappa shape index (κ3) is 4.72.